The van der Waals surface area contributed by atoms with Crippen molar-refractivity contribution < 1.29 is 14.5 Å². The third-order valence-corrected chi connectivity index (χ3v) is 4.81. The van der Waals surface area contributed by atoms with Gasteiger partial charge in [-0.05, 0) is 33.7 Å². The fraction of sp³-hybridized carbons (Fsp3) is 0.0435. The molecule has 7 nitrogen and oxygen atoms in total. The Morgan fingerprint density at radius 3 is 2.23 bits per heavy atom. The summed E-state index contributed by atoms with van der Waals surface area (Å²) < 4.78 is 5.15. The number of hydrazone groups is 1. The van der Waals surface area contributed by atoms with Crippen LogP contribution in [0.2, 0.25) is 0 Å². The number of hydrogen-bond donors (Lipinski definition) is 1. The van der Waals surface area contributed by atoms with E-state index in [9.17, 15) is 14.9 Å². The molecule has 4 aromatic carbocycles. The van der Waals surface area contributed by atoms with Gasteiger partial charge in [0.05, 0.1) is 23.8 Å². The molecule has 0 saturated carbocycles. The maximum absolute atomic E-state index is 12.6. The lowest BCUT2D eigenvalue weighted by molar-refractivity contribution is -0.384. The Balaban J connectivity index is 1.70. The molecule has 4 aromatic rings. The fourth-order valence-electron chi connectivity index (χ4n) is 3.39. The zero-order valence-electron chi connectivity index (χ0n) is 16.0. The molecule has 0 atom stereocenters. The van der Waals surface area contributed by atoms with Crippen LogP contribution < -0.4 is 10.2 Å². The van der Waals surface area contributed by atoms with Crippen molar-refractivity contribution in [2.75, 3.05) is 7.11 Å². The van der Waals surface area contributed by atoms with Crippen LogP contribution in [0.5, 0.6) is 5.75 Å². The zero-order valence-corrected chi connectivity index (χ0v) is 16.0. The van der Waals surface area contributed by atoms with E-state index in [-0.39, 0.29) is 17.0 Å². The first-order valence-corrected chi connectivity index (χ1v) is 9.15. The van der Waals surface area contributed by atoms with Gasteiger partial charge in [-0.25, -0.2) is 5.43 Å². The molecule has 0 aliphatic rings. The van der Waals surface area contributed by atoms with Crippen molar-refractivity contribution in [3.63, 3.8) is 0 Å². The summed E-state index contributed by atoms with van der Waals surface area (Å²) in [6.07, 6.45) is 1.59. The largest absolute Gasteiger partial charge is 0.496 e. The van der Waals surface area contributed by atoms with Gasteiger partial charge in [0.15, 0.2) is 0 Å². The summed E-state index contributed by atoms with van der Waals surface area (Å²) in [5.41, 5.74) is 3.15. The number of non-ortho nitro benzene ring substituents is 1. The van der Waals surface area contributed by atoms with E-state index in [0.29, 0.717) is 0 Å². The highest BCUT2D eigenvalue weighted by Gasteiger charge is 2.17. The molecule has 0 fully saturated rings. The van der Waals surface area contributed by atoms with E-state index < -0.39 is 10.8 Å². The number of carbonyl (C=O) groups excluding carboxylic acids is 1. The van der Waals surface area contributed by atoms with Crippen molar-refractivity contribution in [2.45, 2.75) is 0 Å². The second-order valence-corrected chi connectivity index (χ2v) is 6.57. The Bertz CT molecular complexity index is 1260. The first kappa shape index (κ1) is 19.1. The minimum Gasteiger partial charge on any atom is -0.496 e. The van der Waals surface area contributed by atoms with Gasteiger partial charge in [0.2, 0.25) is 0 Å². The SMILES string of the molecule is COc1ccc([N+](=O)[O-])cc1C(=O)N/N=C\c1c2ccccc2cc2ccccc12. The van der Waals surface area contributed by atoms with Gasteiger partial charge in [-0.3, -0.25) is 14.9 Å². The predicted octanol–water partition coefficient (Wildman–Crippen LogP) is 4.67. The molecule has 0 unspecified atom stereocenters. The van der Waals surface area contributed by atoms with Crippen molar-refractivity contribution in [1.29, 1.82) is 0 Å². The summed E-state index contributed by atoms with van der Waals surface area (Å²) in [6, 6.07) is 21.8. The van der Waals surface area contributed by atoms with Crippen molar-refractivity contribution in [3.8, 4) is 5.75 Å². The van der Waals surface area contributed by atoms with Gasteiger partial charge in [0, 0.05) is 17.7 Å². The maximum atomic E-state index is 12.6. The van der Waals surface area contributed by atoms with Crippen LogP contribution in [-0.4, -0.2) is 24.2 Å². The minimum atomic E-state index is -0.601. The zero-order chi connectivity index (χ0) is 21.1. The van der Waals surface area contributed by atoms with Crippen LogP contribution >= 0.6 is 0 Å². The molecule has 1 N–H and O–H groups in total. The first-order valence-electron chi connectivity index (χ1n) is 9.15. The van der Waals surface area contributed by atoms with E-state index in [0.717, 1.165) is 33.2 Å². The van der Waals surface area contributed by atoms with Gasteiger partial charge in [0.1, 0.15) is 5.75 Å². The Kier molecular flexibility index (Phi) is 5.09. The Morgan fingerprint density at radius 1 is 1.00 bits per heavy atom. The molecule has 0 saturated heterocycles. The van der Waals surface area contributed by atoms with Crippen molar-refractivity contribution in [2.24, 2.45) is 5.10 Å². The van der Waals surface area contributed by atoms with Crippen LogP contribution in [0.3, 0.4) is 0 Å². The Morgan fingerprint density at radius 2 is 1.63 bits per heavy atom. The highest BCUT2D eigenvalue weighted by molar-refractivity contribution is 6.13. The van der Waals surface area contributed by atoms with Gasteiger partial charge in [-0.1, -0.05) is 48.5 Å². The third-order valence-electron chi connectivity index (χ3n) is 4.81. The molecular weight excluding hydrogens is 382 g/mol. The number of methoxy groups -OCH3 is 1. The van der Waals surface area contributed by atoms with Gasteiger partial charge >= 0.3 is 0 Å². The molecule has 1 amide bonds. The van der Waals surface area contributed by atoms with Crippen LogP contribution in [0.25, 0.3) is 21.5 Å². The van der Waals surface area contributed by atoms with Crippen molar-refractivity contribution in [1.82, 2.24) is 5.43 Å². The third kappa shape index (κ3) is 3.56. The van der Waals surface area contributed by atoms with Crippen LogP contribution in [0.4, 0.5) is 5.69 Å². The van der Waals surface area contributed by atoms with E-state index in [4.69, 9.17) is 4.74 Å². The van der Waals surface area contributed by atoms with E-state index in [2.05, 4.69) is 16.6 Å². The van der Waals surface area contributed by atoms with E-state index in [1.54, 1.807) is 6.21 Å². The van der Waals surface area contributed by atoms with Crippen LogP contribution in [0, 0.1) is 10.1 Å². The smallest absolute Gasteiger partial charge is 0.275 e. The summed E-state index contributed by atoms with van der Waals surface area (Å²) in [5, 5.41) is 19.3. The predicted molar refractivity (Wildman–Crippen MR) is 116 cm³/mol. The lowest BCUT2D eigenvalue weighted by Gasteiger charge is -2.09. The topological polar surface area (TPSA) is 93.8 Å². The monoisotopic (exact) mass is 399 g/mol. The molecule has 0 bridgehead atoms. The number of nitrogens with zero attached hydrogens (tertiary/aromatic N) is 2. The number of nitro groups is 1. The quantitative estimate of drug-likeness (QED) is 0.228. The van der Waals surface area contributed by atoms with Gasteiger partial charge in [0.25, 0.3) is 11.6 Å². The number of carbonyl (C=O) groups is 1. The number of ether oxygens (including phenoxy) is 1. The number of rotatable bonds is 5. The van der Waals surface area contributed by atoms with E-state index in [1.165, 1.54) is 19.2 Å². The molecule has 7 heteroatoms. The normalized spacial score (nSPS) is 11.1. The standard InChI is InChI=1S/C23H17N3O4/c1-30-22-11-10-17(26(28)29)13-20(22)23(27)25-24-14-21-18-8-4-2-6-15(18)12-16-7-3-5-9-19(16)21/h2-14H,1H3,(H,25,27)/b24-14-. The fourth-order valence-corrected chi connectivity index (χ4v) is 3.39. The van der Waals surface area contributed by atoms with Gasteiger partial charge in [-0.15, -0.1) is 0 Å². The number of fused-ring (bicyclic) bond motifs is 2. The molecule has 0 heterocycles. The highest BCUT2D eigenvalue weighted by atomic mass is 16.6. The molecule has 0 radical (unpaired) electrons. The molecule has 0 spiro atoms. The average molecular weight is 399 g/mol. The highest BCUT2D eigenvalue weighted by Crippen LogP contribution is 2.27. The lowest BCUT2D eigenvalue weighted by atomic mass is 9.97. The minimum absolute atomic E-state index is 0.0339. The van der Waals surface area contributed by atoms with Gasteiger partial charge in [-0.2, -0.15) is 5.10 Å². The van der Waals surface area contributed by atoms with E-state index >= 15 is 0 Å². The molecule has 0 aromatic heterocycles. The summed E-state index contributed by atoms with van der Waals surface area (Å²) in [7, 11) is 1.39. The van der Waals surface area contributed by atoms with E-state index in [1.807, 2.05) is 48.5 Å². The number of hydrogen-bond acceptors (Lipinski definition) is 5. The first-order chi connectivity index (χ1) is 14.6. The summed E-state index contributed by atoms with van der Waals surface area (Å²) in [6.45, 7) is 0. The second kappa shape index (κ2) is 8.00. The molecule has 0 aliphatic carbocycles. The molecule has 148 valence electrons. The van der Waals surface area contributed by atoms with Crippen molar-refractivity contribution >= 4 is 39.4 Å². The number of amides is 1. The average Bonchev–Trinajstić information content (AvgIpc) is 2.77. The van der Waals surface area contributed by atoms with Crippen LogP contribution in [-0.2, 0) is 0 Å². The Hall–Kier alpha value is -4.26. The number of benzene rings is 4. The second-order valence-electron chi connectivity index (χ2n) is 6.57. The molecule has 4 rings (SSSR count). The molecule has 30 heavy (non-hydrogen) atoms. The number of nitro benzene ring substituents is 1. The molecule has 0 aliphatic heterocycles. The number of nitrogens with one attached hydrogen (secondary N) is 1. The van der Waals surface area contributed by atoms with Crippen LogP contribution in [0.15, 0.2) is 77.9 Å². The lowest BCUT2D eigenvalue weighted by Crippen LogP contribution is -2.18. The van der Waals surface area contributed by atoms with Gasteiger partial charge < -0.3 is 4.74 Å². The Labute approximate surface area is 171 Å². The maximum Gasteiger partial charge on any atom is 0.275 e. The summed E-state index contributed by atoms with van der Waals surface area (Å²) >= 11 is 0. The van der Waals surface area contributed by atoms with Crippen molar-refractivity contribution in [3.05, 3.63) is 94.0 Å². The summed E-state index contributed by atoms with van der Waals surface area (Å²) in [4.78, 5) is 23.0. The summed E-state index contributed by atoms with van der Waals surface area (Å²) in [5.74, 6) is -0.375. The molecular formula is C23H17N3O4. The van der Waals surface area contributed by atoms with Crippen LogP contribution in [0.1, 0.15) is 15.9 Å².